The fourth-order valence-electron chi connectivity index (χ4n) is 2.45. The van der Waals surface area contributed by atoms with Crippen LogP contribution in [0.5, 0.6) is 0 Å². The number of amides is 1. The minimum absolute atomic E-state index is 0.133. The van der Waals surface area contributed by atoms with E-state index in [4.69, 9.17) is 0 Å². The molecule has 0 saturated carbocycles. The summed E-state index contributed by atoms with van der Waals surface area (Å²) in [5.74, 6) is 0.133. The molecule has 1 atom stereocenters. The lowest BCUT2D eigenvalue weighted by Gasteiger charge is -2.35. The Morgan fingerprint density at radius 2 is 2.33 bits per heavy atom. The zero-order valence-corrected chi connectivity index (χ0v) is 12.3. The summed E-state index contributed by atoms with van der Waals surface area (Å²) in [6.45, 7) is 2.81. The van der Waals surface area contributed by atoms with Crippen molar-refractivity contribution in [3.63, 3.8) is 0 Å². The Bertz CT molecular complexity index is 403. The molecule has 4 heteroatoms. The molecule has 1 aliphatic heterocycles. The third-order valence-corrected chi connectivity index (χ3v) is 3.95. The van der Waals surface area contributed by atoms with E-state index in [2.05, 4.69) is 20.9 Å². The van der Waals surface area contributed by atoms with Gasteiger partial charge in [-0.15, -0.1) is 0 Å². The first-order valence-corrected chi connectivity index (χ1v) is 7.64. The second-order valence-electron chi connectivity index (χ2n) is 4.81. The van der Waals surface area contributed by atoms with Crippen LogP contribution in [-0.2, 0) is 0 Å². The van der Waals surface area contributed by atoms with E-state index in [1.54, 1.807) is 6.20 Å². The highest BCUT2D eigenvalue weighted by Gasteiger charge is 2.26. The molecular formula is C14H19BrN2O. The van der Waals surface area contributed by atoms with Crippen molar-refractivity contribution >= 4 is 21.8 Å². The summed E-state index contributed by atoms with van der Waals surface area (Å²) in [6.07, 6.45) is 6.19. The van der Waals surface area contributed by atoms with Gasteiger partial charge < -0.3 is 4.90 Å². The lowest BCUT2D eigenvalue weighted by atomic mass is 9.99. The molecule has 98 valence electrons. The van der Waals surface area contributed by atoms with Crippen molar-refractivity contribution in [3.05, 3.63) is 29.6 Å². The van der Waals surface area contributed by atoms with Gasteiger partial charge in [0.25, 0.3) is 5.91 Å². The molecule has 1 unspecified atom stereocenters. The van der Waals surface area contributed by atoms with Gasteiger partial charge in [0.1, 0.15) is 0 Å². The number of carbonyl (C=O) groups is 1. The number of carbonyl (C=O) groups excluding carboxylic acids is 1. The van der Waals surface area contributed by atoms with Crippen LogP contribution in [0.1, 0.15) is 41.7 Å². The highest BCUT2D eigenvalue weighted by atomic mass is 79.9. The van der Waals surface area contributed by atoms with E-state index in [9.17, 15) is 4.79 Å². The number of aromatic nitrogens is 1. The van der Waals surface area contributed by atoms with E-state index in [0.29, 0.717) is 11.6 Å². The predicted molar refractivity (Wildman–Crippen MR) is 76.1 cm³/mol. The molecule has 1 aromatic rings. The van der Waals surface area contributed by atoms with Crippen molar-refractivity contribution in [3.8, 4) is 0 Å². The standard InChI is InChI=1S/C14H19BrN2O/c1-11-5-6-12(10-16-11)14(18)17-9-3-2-4-13(17)7-8-15/h5-6,10,13H,2-4,7-9H2,1H3. The van der Waals surface area contributed by atoms with Crippen molar-refractivity contribution < 1.29 is 4.79 Å². The molecule has 1 fully saturated rings. The molecule has 1 aliphatic rings. The lowest BCUT2D eigenvalue weighted by molar-refractivity contribution is 0.0609. The summed E-state index contributed by atoms with van der Waals surface area (Å²) in [6, 6.07) is 4.16. The van der Waals surface area contributed by atoms with E-state index in [1.165, 1.54) is 6.42 Å². The highest BCUT2D eigenvalue weighted by molar-refractivity contribution is 9.09. The fraction of sp³-hybridized carbons (Fsp3) is 0.571. The summed E-state index contributed by atoms with van der Waals surface area (Å²) in [5.41, 5.74) is 1.66. The Morgan fingerprint density at radius 1 is 1.50 bits per heavy atom. The van der Waals surface area contributed by atoms with E-state index in [0.717, 1.165) is 36.8 Å². The number of piperidine rings is 1. The van der Waals surface area contributed by atoms with Crippen molar-refractivity contribution in [1.82, 2.24) is 9.88 Å². The lowest BCUT2D eigenvalue weighted by Crippen LogP contribution is -2.44. The number of nitrogens with zero attached hydrogens (tertiary/aromatic N) is 2. The summed E-state index contributed by atoms with van der Waals surface area (Å²) < 4.78 is 0. The normalized spacial score (nSPS) is 19.9. The number of hydrogen-bond donors (Lipinski definition) is 0. The summed E-state index contributed by atoms with van der Waals surface area (Å²) >= 11 is 3.48. The van der Waals surface area contributed by atoms with E-state index < -0.39 is 0 Å². The van der Waals surface area contributed by atoms with Gasteiger partial charge in [0.15, 0.2) is 0 Å². The number of pyridine rings is 1. The maximum Gasteiger partial charge on any atom is 0.255 e. The number of alkyl halides is 1. The summed E-state index contributed by atoms with van der Waals surface area (Å²) in [7, 11) is 0. The monoisotopic (exact) mass is 310 g/mol. The van der Waals surface area contributed by atoms with Gasteiger partial charge >= 0.3 is 0 Å². The first kappa shape index (κ1) is 13.5. The molecule has 1 aromatic heterocycles. The minimum atomic E-state index is 0.133. The zero-order valence-electron chi connectivity index (χ0n) is 10.7. The summed E-state index contributed by atoms with van der Waals surface area (Å²) in [4.78, 5) is 18.7. The zero-order chi connectivity index (χ0) is 13.0. The van der Waals surface area contributed by atoms with E-state index in [-0.39, 0.29) is 5.91 Å². The number of aryl methyl sites for hydroxylation is 1. The van der Waals surface area contributed by atoms with Crippen molar-refractivity contribution in [1.29, 1.82) is 0 Å². The topological polar surface area (TPSA) is 33.2 Å². The Balaban J connectivity index is 2.12. The molecule has 0 spiro atoms. The maximum atomic E-state index is 12.5. The number of likely N-dealkylation sites (tertiary alicyclic amines) is 1. The average molecular weight is 311 g/mol. The molecule has 3 nitrogen and oxygen atoms in total. The Kier molecular flexibility index (Phi) is 4.75. The van der Waals surface area contributed by atoms with Gasteiger partial charge in [-0.2, -0.15) is 0 Å². The van der Waals surface area contributed by atoms with Crippen LogP contribution in [-0.4, -0.2) is 33.7 Å². The van der Waals surface area contributed by atoms with Crippen molar-refractivity contribution in [2.24, 2.45) is 0 Å². The second kappa shape index (κ2) is 6.32. The number of rotatable bonds is 3. The van der Waals surface area contributed by atoms with Crippen molar-refractivity contribution in [2.75, 3.05) is 11.9 Å². The molecule has 0 aromatic carbocycles. The van der Waals surface area contributed by atoms with Gasteiger partial charge in [-0.05, 0) is 44.7 Å². The Morgan fingerprint density at radius 3 is 3.00 bits per heavy atom. The molecule has 0 aliphatic carbocycles. The van der Waals surface area contributed by atoms with Gasteiger partial charge in [-0.1, -0.05) is 15.9 Å². The van der Waals surface area contributed by atoms with Crippen LogP contribution in [0.25, 0.3) is 0 Å². The van der Waals surface area contributed by atoms with Crippen molar-refractivity contribution in [2.45, 2.75) is 38.6 Å². The largest absolute Gasteiger partial charge is 0.336 e. The third-order valence-electron chi connectivity index (χ3n) is 3.49. The second-order valence-corrected chi connectivity index (χ2v) is 5.61. The first-order valence-electron chi connectivity index (χ1n) is 6.52. The van der Waals surface area contributed by atoms with Gasteiger partial charge in [0, 0.05) is 29.8 Å². The van der Waals surface area contributed by atoms with Gasteiger partial charge in [0.05, 0.1) is 5.56 Å². The fourth-order valence-corrected chi connectivity index (χ4v) is 2.98. The minimum Gasteiger partial charge on any atom is -0.336 e. The molecule has 1 saturated heterocycles. The number of halogens is 1. The first-order chi connectivity index (χ1) is 8.72. The van der Waals surface area contributed by atoms with Gasteiger partial charge in [-0.25, -0.2) is 0 Å². The van der Waals surface area contributed by atoms with Crippen LogP contribution < -0.4 is 0 Å². The third kappa shape index (κ3) is 3.10. The average Bonchev–Trinajstić information content (AvgIpc) is 2.40. The van der Waals surface area contributed by atoms with E-state index >= 15 is 0 Å². The number of hydrogen-bond acceptors (Lipinski definition) is 2. The maximum absolute atomic E-state index is 12.5. The SMILES string of the molecule is Cc1ccc(C(=O)N2CCCCC2CCBr)cn1. The molecule has 0 radical (unpaired) electrons. The Labute approximate surface area is 117 Å². The smallest absolute Gasteiger partial charge is 0.255 e. The van der Waals surface area contributed by atoms with Crippen LogP contribution in [0.3, 0.4) is 0 Å². The van der Waals surface area contributed by atoms with Crippen LogP contribution in [0, 0.1) is 6.92 Å². The molecule has 2 heterocycles. The van der Waals surface area contributed by atoms with Crippen LogP contribution in [0.2, 0.25) is 0 Å². The van der Waals surface area contributed by atoms with E-state index in [1.807, 2.05) is 24.0 Å². The predicted octanol–water partition coefficient (Wildman–Crippen LogP) is 3.17. The van der Waals surface area contributed by atoms with Gasteiger partial charge in [0.2, 0.25) is 0 Å². The Hall–Kier alpha value is -0.900. The van der Waals surface area contributed by atoms with Crippen LogP contribution in [0.4, 0.5) is 0 Å². The molecule has 0 bridgehead atoms. The molecule has 18 heavy (non-hydrogen) atoms. The van der Waals surface area contributed by atoms with Gasteiger partial charge in [-0.3, -0.25) is 9.78 Å². The molecule has 2 rings (SSSR count). The molecular weight excluding hydrogens is 292 g/mol. The molecule has 1 amide bonds. The highest BCUT2D eigenvalue weighted by Crippen LogP contribution is 2.22. The molecule has 0 N–H and O–H groups in total. The van der Waals surface area contributed by atoms with Crippen LogP contribution >= 0.6 is 15.9 Å². The quantitative estimate of drug-likeness (QED) is 0.803. The summed E-state index contributed by atoms with van der Waals surface area (Å²) in [5, 5.41) is 0.952. The van der Waals surface area contributed by atoms with Crippen LogP contribution in [0.15, 0.2) is 18.3 Å².